The minimum atomic E-state index is -0.275. The number of carbonyl (C=O) groups is 1. The second-order valence-corrected chi connectivity index (χ2v) is 9.38. The number of thioether (sulfide) groups is 1. The monoisotopic (exact) mass is 381 g/mol. The molecule has 0 aliphatic carbocycles. The molecule has 0 bridgehead atoms. The highest BCUT2D eigenvalue weighted by molar-refractivity contribution is 8.15. The van der Waals surface area contributed by atoms with Crippen molar-refractivity contribution in [1.82, 2.24) is 0 Å². The topological polar surface area (TPSA) is 20.3 Å². The largest absolute Gasteiger partial charge is 0.321 e. The highest BCUT2D eigenvalue weighted by atomic mass is 32.2. The van der Waals surface area contributed by atoms with Gasteiger partial charge in [-0.05, 0) is 36.8 Å². The Kier molecular flexibility index (Phi) is 5.56. The fourth-order valence-corrected chi connectivity index (χ4v) is 4.10. The summed E-state index contributed by atoms with van der Waals surface area (Å²) in [5, 5.41) is 0.0744. The van der Waals surface area contributed by atoms with Crippen molar-refractivity contribution in [3.63, 3.8) is 0 Å². The highest BCUT2D eigenvalue weighted by Crippen LogP contribution is 2.40. The van der Waals surface area contributed by atoms with Gasteiger partial charge in [0, 0.05) is 33.8 Å². The Labute approximate surface area is 164 Å². The van der Waals surface area contributed by atoms with Crippen LogP contribution in [0, 0.1) is 5.82 Å². The second kappa shape index (κ2) is 7.73. The molecule has 0 saturated heterocycles. The van der Waals surface area contributed by atoms with E-state index in [2.05, 4.69) is 0 Å². The molecule has 1 unspecified atom stereocenters. The molecule has 2 aromatic carbocycles. The summed E-state index contributed by atoms with van der Waals surface area (Å²) in [6.07, 6.45) is 4.01. The third kappa shape index (κ3) is 4.51. The van der Waals surface area contributed by atoms with E-state index >= 15 is 0 Å². The van der Waals surface area contributed by atoms with Crippen LogP contribution in [0.15, 0.2) is 78.1 Å². The first-order valence-electron chi connectivity index (χ1n) is 8.98. The van der Waals surface area contributed by atoms with Crippen molar-refractivity contribution in [2.45, 2.75) is 38.4 Å². The Morgan fingerprint density at radius 3 is 2.26 bits per heavy atom. The van der Waals surface area contributed by atoms with Crippen LogP contribution in [-0.4, -0.2) is 9.86 Å². The quantitative estimate of drug-likeness (QED) is 0.624. The van der Waals surface area contributed by atoms with E-state index in [1.165, 1.54) is 23.9 Å². The van der Waals surface area contributed by atoms with Crippen LogP contribution in [0.2, 0.25) is 0 Å². The SMILES string of the molecule is CC1=C(C(=O)SC(C)(C)C)C(c2ccccc2)C=CN1c1ccc(F)cc1. The smallest absolute Gasteiger partial charge is 0.218 e. The molecule has 140 valence electrons. The summed E-state index contributed by atoms with van der Waals surface area (Å²) in [4.78, 5) is 15.2. The summed E-state index contributed by atoms with van der Waals surface area (Å²) >= 11 is 1.35. The number of anilines is 1. The maximum atomic E-state index is 13.3. The van der Waals surface area contributed by atoms with Gasteiger partial charge in [0.25, 0.3) is 0 Å². The van der Waals surface area contributed by atoms with E-state index in [0.717, 1.165) is 22.5 Å². The molecule has 3 rings (SSSR count). The lowest BCUT2D eigenvalue weighted by atomic mass is 9.88. The molecule has 0 N–H and O–H groups in total. The van der Waals surface area contributed by atoms with Crippen LogP contribution >= 0.6 is 11.8 Å². The van der Waals surface area contributed by atoms with E-state index in [1.54, 1.807) is 12.1 Å². The molecule has 2 nitrogen and oxygen atoms in total. The molecule has 0 fully saturated rings. The van der Waals surface area contributed by atoms with Gasteiger partial charge in [0.2, 0.25) is 5.12 Å². The van der Waals surface area contributed by atoms with E-state index in [4.69, 9.17) is 0 Å². The molecule has 1 heterocycles. The molecule has 0 saturated carbocycles. The van der Waals surface area contributed by atoms with Crippen molar-refractivity contribution in [2.24, 2.45) is 0 Å². The van der Waals surface area contributed by atoms with Crippen LogP contribution in [-0.2, 0) is 4.79 Å². The summed E-state index contributed by atoms with van der Waals surface area (Å²) in [6, 6.07) is 16.4. The van der Waals surface area contributed by atoms with Crippen molar-refractivity contribution >= 4 is 22.6 Å². The maximum absolute atomic E-state index is 13.3. The van der Waals surface area contributed by atoms with Crippen molar-refractivity contribution in [1.29, 1.82) is 0 Å². The van der Waals surface area contributed by atoms with Gasteiger partial charge in [-0.3, -0.25) is 4.79 Å². The number of hydrogen-bond donors (Lipinski definition) is 0. The minimum Gasteiger partial charge on any atom is -0.321 e. The predicted octanol–water partition coefficient (Wildman–Crippen LogP) is 6.28. The minimum absolute atomic E-state index is 0.0744. The third-order valence-electron chi connectivity index (χ3n) is 4.37. The zero-order chi connectivity index (χ0) is 19.6. The average molecular weight is 382 g/mol. The average Bonchev–Trinajstić information content (AvgIpc) is 2.61. The van der Waals surface area contributed by atoms with Crippen molar-refractivity contribution in [3.8, 4) is 0 Å². The Hall–Kier alpha value is -2.33. The molecule has 0 aromatic heterocycles. The molecule has 1 aliphatic rings. The van der Waals surface area contributed by atoms with Crippen LogP contribution in [0.1, 0.15) is 39.2 Å². The lowest BCUT2D eigenvalue weighted by molar-refractivity contribution is -0.108. The van der Waals surface area contributed by atoms with E-state index in [0.29, 0.717) is 0 Å². The lowest BCUT2D eigenvalue weighted by Gasteiger charge is -2.32. The molecule has 0 amide bonds. The Morgan fingerprint density at radius 2 is 1.67 bits per heavy atom. The Morgan fingerprint density at radius 1 is 1.04 bits per heavy atom. The van der Waals surface area contributed by atoms with E-state index in [-0.39, 0.29) is 21.6 Å². The second-order valence-electron chi connectivity index (χ2n) is 7.58. The van der Waals surface area contributed by atoms with E-state index in [1.807, 2.05) is 75.2 Å². The normalized spacial score (nSPS) is 17.4. The van der Waals surface area contributed by atoms with Gasteiger partial charge < -0.3 is 4.90 Å². The molecule has 1 atom stereocenters. The van der Waals surface area contributed by atoms with Crippen molar-refractivity contribution in [2.75, 3.05) is 4.90 Å². The summed E-state index contributed by atoms with van der Waals surface area (Å²) in [5.74, 6) is -0.367. The number of benzene rings is 2. The molecule has 0 radical (unpaired) electrons. The zero-order valence-corrected chi connectivity index (χ0v) is 16.9. The summed E-state index contributed by atoms with van der Waals surface area (Å²) < 4.78 is 13.1. The van der Waals surface area contributed by atoms with Gasteiger partial charge >= 0.3 is 0 Å². The van der Waals surface area contributed by atoms with Crippen molar-refractivity contribution < 1.29 is 9.18 Å². The molecule has 2 aromatic rings. The first kappa shape index (κ1) is 19.4. The fraction of sp³-hybridized carbons (Fsp3) is 0.261. The van der Waals surface area contributed by atoms with Crippen LogP contribution < -0.4 is 4.90 Å². The molecule has 4 heteroatoms. The molecular formula is C23H24FNOS. The van der Waals surface area contributed by atoms with Gasteiger partial charge in [-0.15, -0.1) is 0 Å². The van der Waals surface area contributed by atoms with Gasteiger partial charge in [0.15, 0.2) is 0 Å². The zero-order valence-electron chi connectivity index (χ0n) is 16.1. The molecular weight excluding hydrogens is 357 g/mol. The van der Waals surface area contributed by atoms with Crippen LogP contribution in [0.4, 0.5) is 10.1 Å². The maximum Gasteiger partial charge on any atom is 0.218 e. The van der Waals surface area contributed by atoms with E-state index < -0.39 is 0 Å². The van der Waals surface area contributed by atoms with Crippen LogP contribution in [0.25, 0.3) is 0 Å². The first-order valence-corrected chi connectivity index (χ1v) is 9.80. The van der Waals surface area contributed by atoms with Crippen LogP contribution in [0.5, 0.6) is 0 Å². The Balaban J connectivity index is 2.06. The first-order chi connectivity index (χ1) is 12.8. The molecule has 1 aliphatic heterocycles. The van der Waals surface area contributed by atoms with Gasteiger partial charge in [-0.2, -0.15) is 0 Å². The number of allylic oxidation sites excluding steroid dienone is 2. The summed E-state index contributed by atoms with van der Waals surface area (Å²) in [5.41, 5.74) is 3.57. The number of hydrogen-bond acceptors (Lipinski definition) is 3. The number of halogens is 1. The number of rotatable bonds is 3. The van der Waals surface area contributed by atoms with Gasteiger partial charge in [-0.1, -0.05) is 68.9 Å². The fourth-order valence-electron chi connectivity index (χ4n) is 3.16. The highest BCUT2D eigenvalue weighted by Gasteiger charge is 2.31. The number of carbonyl (C=O) groups excluding carboxylic acids is 1. The standard InChI is InChI=1S/C23H24FNOS/c1-16-21(22(26)27-23(2,3)4)20(17-8-6-5-7-9-17)14-15-25(16)19-12-10-18(24)11-13-19/h5-15,20H,1-4H3. The van der Waals surface area contributed by atoms with Crippen molar-refractivity contribution in [3.05, 3.63) is 89.5 Å². The van der Waals surface area contributed by atoms with E-state index in [9.17, 15) is 9.18 Å². The molecule has 27 heavy (non-hydrogen) atoms. The predicted molar refractivity (Wildman–Crippen MR) is 112 cm³/mol. The van der Waals surface area contributed by atoms with Gasteiger partial charge in [0.1, 0.15) is 5.82 Å². The van der Waals surface area contributed by atoms with Gasteiger partial charge in [-0.25, -0.2) is 4.39 Å². The Bertz CT molecular complexity index is 879. The summed E-state index contributed by atoms with van der Waals surface area (Å²) in [7, 11) is 0. The number of nitrogens with zero attached hydrogens (tertiary/aromatic N) is 1. The summed E-state index contributed by atoms with van der Waals surface area (Å²) in [6.45, 7) is 8.08. The van der Waals surface area contributed by atoms with Crippen LogP contribution in [0.3, 0.4) is 0 Å². The third-order valence-corrected chi connectivity index (χ3v) is 5.39. The van der Waals surface area contributed by atoms with Gasteiger partial charge in [0.05, 0.1) is 0 Å². The molecule has 0 spiro atoms. The lowest BCUT2D eigenvalue weighted by Crippen LogP contribution is -2.26.